The third-order valence-electron chi connectivity index (χ3n) is 4.62. The van der Waals surface area contributed by atoms with E-state index in [1.165, 1.54) is 12.1 Å². The van der Waals surface area contributed by atoms with E-state index >= 15 is 0 Å². The molecule has 0 radical (unpaired) electrons. The van der Waals surface area contributed by atoms with Crippen molar-refractivity contribution in [1.82, 2.24) is 14.8 Å². The molecule has 0 fully saturated rings. The van der Waals surface area contributed by atoms with Crippen LogP contribution < -0.4 is 0 Å². The van der Waals surface area contributed by atoms with Crippen LogP contribution in [0, 0.1) is 17.1 Å². The summed E-state index contributed by atoms with van der Waals surface area (Å²) < 4.78 is 15.0. The average molecular weight is 400 g/mol. The topological polar surface area (TPSA) is 54.5 Å². The van der Waals surface area contributed by atoms with Crippen LogP contribution in [0.25, 0.3) is 22.5 Å². The van der Waals surface area contributed by atoms with E-state index < -0.39 is 0 Å². The van der Waals surface area contributed by atoms with E-state index in [0.29, 0.717) is 11.4 Å². The number of hydrogen-bond acceptors (Lipinski definition) is 4. The lowest BCUT2D eigenvalue weighted by Gasteiger charge is -2.07. The molecule has 0 amide bonds. The Kier molecular flexibility index (Phi) is 5.41. The van der Waals surface area contributed by atoms with E-state index in [2.05, 4.69) is 28.4 Å². The van der Waals surface area contributed by atoms with Crippen LogP contribution in [0.4, 0.5) is 4.39 Å². The molecule has 0 aliphatic carbocycles. The second kappa shape index (κ2) is 8.29. The lowest BCUT2D eigenvalue weighted by Crippen LogP contribution is -1.95. The van der Waals surface area contributed by atoms with Gasteiger partial charge in [0.05, 0.1) is 11.6 Å². The second-order valence-corrected chi connectivity index (χ2v) is 7.46. The highest BCUT2D eigenvalue weighted by Crippen LogP contribution is 2.27. The molecule has 0 aliphatic heterocycles. The van der Waals surface area contributed by atoms with Crippen LogP contribution in [-0.4, -0.2) is 14.8 Å². The van der Waals surface area contributed by atoms with Crippen molar-refractivity contribution >= 4 is 11.8 Å². The van der Waals surface area contributed by atoms with E-state index in [-0.39, 0.29) is 5.82 Å². The second-order valence-electron chi connectivity index (χ2n) is 6.52. The summed E-state index contributed by atoms with van der Waals surface area (Å²) in [5.41, 5.74) is 4.61. The van der Waals surface area contributed by atoms with E-state index in [1.807, 2.05) is 48.0 Å². The highest BCUT2D eigenvalue weighted by atomic mass is 32.2. The van der Waals surface area contributed by atoms with Gasteiger partial charge in [-0.15, -0.1) is 10.2 Å². The molecular weight excluding hydrogens is 383 g/mol. The fourth-order valence-corrected chi connectivity index (χ4v) is 3.92. The van der Waals surface area contributed by atoms with Gasteiger partial charge in [-0.1, -0.05) is 54.2 Å². The number of thioether (sulfide) groups is 1. The Morgan fingerprint density at radius 2 is 1.62 bits per heavy atom. The number of rotatable bonds is 5. The molecule has 4 nitrogen and oxygen atoms in total. The monoisotopic (exact) mass is 400 g/mol. The van der Waals surface area contributed by atoms with E-state index in [9.17, 15) is 9.65 Å². The first kappa shape index (κ1) is 18.9. The summed E-state index contributed by atoms with van der Waals surface area (Å²) >= 11 is 1.59. The average Bonchev–Trinajstić information content (AvgIpc) is 3.13. The first-order valence-electron chi connectivity index (χ1n) is 9.02. The summed E-state index contributed by atoms with van der Waals surface area (Å²) in [7, 11) is 1.91. The van der Waals surface area contributed by atoms with E-state index in [1.54, 1.807) is 23.9 Å². The van der Waals surface area contributed by atoms with Crippen LogP contribution >= 0.6 is 11.8 Å². The van der Waals surface area contributed by atoms with Gasteiger partial charge in [0.15, 0.2) is 11.0 Å². The maximum atomic E-state index is 13.1. The van der Waals surface area contributed by atoms with Gasteiger partial charge in [-0.25, -0.2) is 4.39 Å². The predicted molar refractivity (Wildman–Crippen MR) is 113 cm³/mol. The Balaban J connectivity index is 1.47. The maximum absolute atomic E-state index is 13.1. The van der Waals surface area contributed by atoms with E-state index in [4.69, 9.17) is 0 Å². The molecule has 0 aliphatic rings. The van der Waals surface area contributed by atoms with Crippen LogP contribution in [0.3, 0.4) is 0 Å². The molecule has 0 bridgehead atoms. The van der Waals surface area contributed by atoms with Crippen LogP contribution in [-0.2, 0) is 12.8 Å². The third kappa shape index (κ3) is 4.05. The number of benzene rings is 3. The van der Waals surface area contributed by atoms with Crippen molar-refractivity contribution in [3.8, 4) is 28.6 Å². The van der Waals surface area contributed by atoms with Crippen LogP contribution in [0.1, 0.15) is 11.1 Å². The zero-order valence-corrected chi connectivity index (χ0v) is 16.5. The molecular formula is C23H17FN4S. The molecule has 3 aromatic carbocycles. The molecule has 29 heavy (non-hydrogen) atoms. The molecule has 0 atom stereocenters. The lowest BCUT2D eigenvalue weighted by molar-refractivity contribution is 0.628. The number of nitrogens with zero attached hydrogens (tertiary/aromatic N) is 4. The van der Waals surface area contributed by atoms with Crippen LogP contribution in [0.5, 0.6) is 0 Å². The zero-order chi connectivity index (χ0) is 20.2. The fourth-order valence-electron chi connectivity index (χ4n) is 3.05. The minimum Gasteiger partial charge on any atom is -0.305 e. The van der Waals surface area contributed by atoms with Gasteiger partial charge in [-0.2, -0.15) is 5.26 Å². The quantitative estimate of drug-likeness (QED) is 0.418. The normalized spacial score (nSPS) is 10.7. The van der Waals surface area contributed by atoms with Gasteiger partial charge < -0.3 is 4.57 Å². The SMILES string of the molecule is Cn1c(SCc2ccc(-c3ccccc3C#N)cc2)nnc1-c1ccc(F)cc1. The maximum Gasteiger partial charge on any atom is 0.191 e. The van der Waals surface area contributed by atoms with Gasteiger partial charge in [0.1, 0.15) is 5.82 Å². The third-order valence-corrected chi connectivity index (χ3v) is 5.71. The van der Waals surface area contributed by atoms with Crippen LogP contribution in [0.15, 0.2) is 78.0 Å². The lowest BCUT2D eigenvalue weighted by atomic mass is 10.00. The highest BCUT2D eigenvalue weighted by Gasteiger charge is 2.12. The predicted octanol–water partition coefficient (Wildman–Crippen LogP) is 5.45. The Hall–Kier alpha value is -3.43. The molecule has 0 spiro atoms. The van der Waals surface area contributed by atoms with Crippen molar-refractivity contribution in [1.29, 1.82) is 5.26 Å². The molecule has 0 unspecified atom stereocenters. The Morgan fingerprint density at radius 1 is 0.931 bits per heavy atom. The van der Waals surface area contributed by atoms with Crippen molar-refractivity contribution < 1.29 is 4.39 Å². The molecule has 0 saturated carbocycles. The van der Waals surface area contributed by atoms with Gasteiger partial charge in [0.25, 0.3) is 0 Å². The van der Waals surface area contributed by atoms with Gasteiger partial charge in [-0.05, 0) is 47.0 Å². The molecule has 142 valence electrons. The Bertz CT molecular complexity index is 1170. The summed E-state index contributed by atoms with van der Waals surface area (Å²) in [4.78, 5) is 0. The summed E-state index contributed by atoms with van der Waals surface area (Å²) in [5, 5.41) is 18.6. The summed E-state index contributed by atoms with van der Waals surface area (Å²) in [6.07, 6.45) is 0. The van der Waals surface area contributed by atoms with Crippen LogP contribution in [0.2, 0.25) is 0 Å². The summed E-state index contributed by atoms with van der Waals surface area (Å²) in [6.45, 7) is 0. The summed E-state index contributed by atoms with van der Waals surface area (Å²) in [5.74, 6) is 1.18. The summed E-state index contributed by atoms with van der Waals surface area (Å²) in [6, 6.07) is 24.3. The standard InChI is InChI=1S/C23H17FN4S/c1-28-22(18-10-12-20(24)13-11-18)26-27-23(28)29-15-16-6-8-17(9-7-16)21-5-3-2-4-19(21)14-25/h2-13H,15H2,1H3. The number of aromatic nitrogens is 3. The van der Waals surface area contributed by atoms with Gasteiger partial charge in [-0.3, -0.25) is 0 Å². The highest BCUT2D eigenvalue weighted by molar-refractivity contribution is 7.98. The molecule has 1 aromatic heterocycles. The Morgan fingerprint density at radius 3 is 2.34 bits per heavy atom. The number of hydrogen-bond donors (Lipinski definition) is 0. The van der Waals surface area contributed by atoms with Gasteiger partial charge in [0, 0.05) is 18.4 Å². The van der Waals surface area contributed by atoms with Crippen molar-refractivity contribution in [2.24, 2.45) is 7.05 Å². The minimum absolute atomic E-state index is 0.272. The first-order valence-corrected chi connectivity index (χ1v) is 10.0. The number of nitriles is 1. The van der Waals surface area contributed by atoms with Crippen molar-refractivity contribution in [2.45, 2.75) is 10.9 Å². The molecule has 0 N–H and O–H groups in total. The molecule has 6 heteroatoms. The fraction of sp³-hybridized carbons (Fsp3) is 0.0870. The minimum atomic E-state index is -0.272. The molecule has 4 aromatic rings. The molecule has 4 rings (SSSR count). The Labute approximate surface area is 172 Å². The van der Waals surface area contributed by atoms with E-state index in [0.717, 1.165) is 33.2 Å². The number of halogens is 1. The van der Waals surface area contributed by atoms with Crippen molar-refractivity contribution in [3.05, 3.63) is 89.7 Å². The van der Waals surface area contributed by atoms with Gasteiger partial charge in [0.2, 0.25) is 0 Å². The molecule has 0 saturated heterocycles. The van der Waals surface area contributed by atoms with Crippen molar-refractivity contribution in [3.63, 3.8) is 0 Å². The molecule has 1 heterocycles. The van der Waals surface area contributed by atoms with Gasteiger partial charge >= 0.3 is 0 Å². The smallest absolute Gasteiger partial charge is 0.191 e. The first-order chi connectivity index (χ1) is 14.2. The largest absolute Gasteiger partial charge is 0.305 e. The zero-order valence-electron chi connectivity index (χ0n) is 15.7. The van der Waals surface area contributed by atoms with Crippen molar-refractivity contribution in [2.75, 3.05) is 0 Å².